The van der Waals surface area contributed by atoms with Gasteiger partial charge in [0.2, 0.25) is 5.91 Å². The Bertz CT molecular complexity index is 263. The minimum Gasteiger partial charge on any atom is -0.343 e. The molecule has 0 radical (unpaired) electrons. The molecule has 17 heavy (non-hydrogen) atoms. The van der Waals surface area contributed by atoms with Crippen LogP contribution in [0.2, 0.25) is 0 Å². The number of likely N-dealkylation sites (tertiary alicyclic amines) is 1. The smallest absolute Gasteiger partial charge is 0.222 e. The van der Waals surface area contributed by atoms with E-state index in [9.17, 15) is 4.79 Å². The largest absolute Gasteiger partial charge is 0.343 e. The Labute approximate surface area is 105 Å². The van der Waals surface area contributed by atoms with Crippen LogP contribution >= 0.6 is 0 Å². The van der Waals surface area contributed by atoms with Gasteiger partial charge in [0.25, 0.3) is 0 Å². The number of nitrogens with one attached hydrogen (secondary N) is 1. The van der Waals surface area contributed by atoms with Crippen molar-refractivity contribution in [3.05, 3.63) is 0 Å². The molecule has 0 aromatic heterocycles. The molecule has 2 fully saturated rings. The molecule has 2 aliphatic heterocycles. The van der Waals surface area contributed by atoms with Crippen LogP contribution in [0.25, 0.3) is 0 Å². The number of carbonyl (C=O) groups is 1. The fourth-order valence-electron chi connectivity index (χ4n) is 2.91. The third-order valence-electron chi connectivity index (χ3n) is 4.80. The first kappa shape index (κ1) is 12.9. The van der Waals surface area contributed by atoms with Gasteiger partial charge in [-0.15, -0.1) is 0 Å². The Hall–Kier alpha value is -0.570. The first-order chi connectivity index (χ1) is 8.13. The van der Waals surface area contributed by atoms with E-state index in [0.717, 1.165) is 32.6 Å². The summed E-state index contributed by atoms with van der Waals surface area (Å²) >= 11 is 0. The van der Waals surface area contributed by atoms with Crippen molar-refractivity contribution in [3.63, 3.8) is 0 Å². The molecule has 3 heteroatoms. The van der Waals surface area contributed by atoms with Gasteiger partial charge >= 0.3 is 0 Å². The SMILES string of the molecule is CCC1(C)CCN(C(=O)CC2CCNC2)CC1. The highest BCUT2D eigenvalue weighted by Crippen LogP contribution is 2.34. The molecule has 0 aromatic rings. The fraction of sp³-hybridized carbons (Fsp3) is 0.929. The van der Waals surface area contributed by atoms with Crippen LogP contribution < -0.4 is 5.32 Å². The van der Waals surface area contributed by atoms with Gasteiger partial charge in [-0.3, -0.25) is 4.79 Å². The van der Waals surface area contributed by atoms with E-state index < -0.39 is 0 Å². The highest BCUT2D eigenvalue weighted by molar-refractivity contribution is 5.76. The maximum atomic E-state index is 12.2. The molecule has 1 amide bonds. The van der Waals surface area contributed by atoms with Gasteiger partial charge in [-0.25, -0.2) is 0 Å². The Balaban J connectivity index is 1.77. The molecule has 2 aliphatic rings. The molecular weight excluding hydrogens is 212 g/mol. The summed E-state index contributed by atoms with van der Waals surface area (Å²) in [6.45, 7) is 8.70. The molecule has 3 nitrogen and oxygen atoms in total. The minimum atomic E-state index is 0.386. The highest BCUT2D eigenvalue weighted by Gasteiger charge is 2.31. The molecule has 0 aliphatic carbocycles. The standard InChI is InChI=1S/C14H26N2O/c1-3-14(2)5-8-16(9-6-14)13(17)10-12-4-7-15-11-12/h12,15H,3-11H2,1-2H3. The molecule has 2 saturated heterocycles. The van der Waals surface area contributed by atoms with Crippen LogP contribution in [0, 0.1) is 11.3 Å². The second-order valence-electron chi connectivity index (χ2n) is 6.11. The average molecular weight is 238 g/mol. The van der Waals surface area contributed by atoms with Crippen LogP contribution in [0.5, 0.6) is 0 Å². The highest BCUT2D eigenvalue weighted by atomic mass is 16.2. The summed E-state index contributed by atoms with van der Waals surface area (Å²) in [5, 5.41) is 3.33. The van der Waals surface area contributed by atoms with Crippen molar-refractivity contribution in [3.8, 4) is 0 Å². The van der Waals surface area contributed by atoms with E-state index in [4.69, 9.17) is 0 Å². The Morgan fingerprint density at radius 1 is 1.41 bits per heavy atom. The van der Waals surface area contributed by atoms with Crippen molar-refractivity contribution in [2.45, 2.75) is 46.0 Å². The number of hydrogen-bond donors (Lipinski definition) is 1. The summed E-state index contributed by atoms with van der Waals surface area (Å²) in [6, 6.07) is 0. The molecule has 2 rings (SSSR count). The molecule has 0 bridgehead atoms. The molecular formula is C14H26N2O. The predicted octanol–water partition coefficient (Wildman–Crippen LogP) is 2.02. The van der Waals surface area contributed by atoms with Gasteiger partial charge in [-0.05, 0) is 43.7 Å². The predicted molar refractivity (Wildman–Crippen MR) is 69.8 cm³/mol. The van der Waals surface area contributed by atoms with Gasteiger partial charge in [0.15, 0.2) is 0 Å². The molecule has 0 spiro atoms. The van der Waals surface area contributed by atoms with Gasteiger partial charge in [0.1, 0.15) is 0 Å². The van der Waals surface area contributed by atoms with Crippen LogP contribution in [-0.2, 0) is 4.79 Å². The molecule has 1 atom stereocenters. The quantitative estimate of drug-likeness (QED) is 0.816. The average Bonchev–Trinajstić information content (AvgIpc) is 2.83. The molecule has 98 valence electrons. The van der Waals surface area contributed by atoms with Crippen LogP contribution in [-0.4, -0.2) is 37.0 Å². The lowest BCUT2D eigenvalue weighted by atomic mass is 9.78. The van der Waals surface area contributed by atoms with Gasteiger partial charge in [-0.1, -0.05) is 20.3 Å². The molecule has 0 saturated carbocycles. The van der Waals surface area contributed by atoms with Gasteiger partial charge < -0.3 is 10.2 Å². The summed E-state index contributed by atoms with van der Waals surface area (Å²) in [5.74, 6) is 0.971. The summed E-state index contributed by atoms with van der Waals surface area (Å²) < 4.78 is 0. The minimum absolute atomic E-state index is 0.386. The second-order valence-corrected chi connectivity index (χ2v) is 6.11. The Kier molecular flexibility index (Phi) is 4.08. The van der Waals surface area contributed by atoms with E-state index in [-0.39, 0.29) is 0 Å². The fourth-order valence-corrected chi connectivity index (χ4v) is 2.91. The molecule has 1 unspecified atom stereocenters. The second kappa shape index (κ2) is 5.38. The number of nitrogens with zero attached hydrogens (tertiary/aromatic N) is 1. The van der Waals surface area contributed by atoms with E-state index in [1.54, 1.807) is 0 Å². The van der Waals surface area contributed by atoms with E-state index in [1.165, 1.54) is 25.7 Å². The van der Waals surface area contributed by atoms with Gasteiger partial charge in [-0.2, -0.15) is 0 Å². The lowest BCUT2D eigenvalue weighted by Gasteiger charge is -2.39. The summed E-state index contributed by atoms with van der Waals surface area (Å²) in [7, 11) is 0. The van der Waals surface area contributed by atoms with Crippen molar-refractivity contribution in [1.29, 1.82) is 0 Å². The number of hydrogen-bond acceptors (Lipinski definition) is 2. The molecule has 2 heterocycles. The number of carbonyl (C=O) groups excluding carboxylic acids is 1. The Morgan fingerprint density at radius 2 is 2.12 bits per heavy atom. The molecule has 0 aromatic carbocycles. The number of piperidine rings is 1. The normalized spacial score (nSPS) is 28.4. The van der Waals surface area contributed by atoms with Crippen molar-refractivity contribution in [2.24, 2.45) is 11.3 Å². The van der Waals surface area contributed by atoms with Crippen molar-refractivity contribution < 1.29 is 4.79 Å². The summed E-state index contributed by atoms with van der Waals surface area (Å²) in [4.78, 5) is 14.2. The van der Waals surface area contributed by atoms with E-state index in [2.05, 4.69) is 24.1 Å². The zero-order valence-corrected chi connectivity index (χ0v) is 11.3. The van der Waals surface area contributed by atoms with E-state index in [1.807, 2.05) is 0 Å². The van der Waals surface area contributed by atoms with Crippen LogP contribution in [0.15, 0.2) is 0 Å². The van der Waals surface area contributed by atoms with Crippen molar-refractivity contribution >= 4 is 5.91 Å². The summed E-state index contributed by atoms with van der Waals surface area (Å²) in [5.41, 5.74) is 0.478. The number of amides is 1. The van der Waals surface area contributed by atoms with Crippen molar-refractivity contribution in [1.82, 2.24) is 10.2 Å². The van der Waals surface area contributed by atoms with E-state index in [0.29, 0.717) is 17.2 Å². The van der Waals surface area contributed by atoms with Crippen LogP contribution in [0.4, 0.5) is 0 Å². The third-order valence-corrected chi connectivity index (χ3v) is 4.80. The zero-order chi connectivity index (χ0) is 12.3. The zero-order valence-electron chi connectivity index (χ0n) is 11.3. The lowest BCUT2D eigenvalue weighted by Crippen LogP contribution is -2.42. The third kappa shape index (κ3) is 3.21. The van der Waals surface area contributed by atoms with Crippen LogP contribution in [0.3, 0.4) is 0 Å². The first-order valence-electron chi connectivity index (χ1n) is 7.11. The maximum absolute atomic E-state index is 12.2. The monoisotopic (exact) mass is 238 g/mol. The van der Waals surface area contributed by atoms with E-state index >= 15 is 0 Å². The maximum Gasteiger partial charge on any atom is 0.222 e. The van der Waals surface area contributed by atoms with Crippen LogP contribution in [0.1, 0.15) is 46.0 Å². The Morgan fingerprint density at radius 3 is 2.65 bits per heavy atom. The summed E-state index contributed by atoms with van der Waals surface area (Å²) in [6.07, 6.45) is 5.53. The topological polar surface area (TPSA) is 32.3 Å². The van der Waals surface area contributed by atoms with Gasteiger partial charge in [0.05, 0.1) is 0 Å². The molecule has 1 N–H and O–H groups in total. The van der Waals surface area contributed by atoms with Crippen molar-refractivity contribution in [2.75, 3.05) is 26.2 Å². The first-order valence-corrected chi connectivity index (χ1v) is 7.11. The lowest BCUT2D eigenvalue weighted by molar-refractivity contribution is -0.134. The number of rotatable bonds is 3. The van der Waals surface area contributed by atoms with Gasteiger partial charge in [0, 0.05) is 19.5 Å².